The van der Waals surface area contributed by atoms with E-state index in [-0.39, 0.29) is 12.0 Å². The summed E-state index contributed by atoms with van der Waals surface area (Å²) in [6.45, 7) is 1.23. The number of amides is 1. The van der Waals surface area contributed by atoms with E-state index in [1.807, 2.05) is 30.3 Å². The summed E-state index contributed by atoms with van der Waals surface area (Å²) in [7, 11) is 0. The third kappa shape index (κ3) is 3.94. The van der Waals surface area contributed by atoms with Gasteiger partial charge in [0.25, 0.3) is 5.91 Å². The molecule has 3 rings (SSSR count). The lowest BCUT2D eigenvalue weighted by atomic mass is 9.98. The van der Waals surface area contributed by atoms with Gasteiger partial charge in [-0.1, -0.05) is 42.5 Å². The van der Waals surface area contributed by atoms with Gasteiger partial charge in [0.15, 0.2) is 5.11 Å². The lowest BCUT2D eigenvalue weighted by Crippen LogP contribution is -2.41. The molecule has 0 aromatic heterocycles. The molecule has 1 aliphatic heterocycles. The molecule has 1 aliphatic rings. The zero-order chi connectivity index (χ0) is 16.1. The highest BCUT2D eigenvalue weighted by atomic mass is 32.1. The predicted molar refractivity (Wildman–Crippen MR) is 93.3 cm³/mol. The number of rotatable bonds is 3. The van der Waals surface area contributed by atoms with E-state index in [4.69, 9.17) is 17.0 Å². The van der Waals surface area contributed by atoms with Crippen molar-refractivity contribution < 1.29 is 9.53 Å². The highest BCUT2D eigenvalue weighted by Crippen LogP contribution is 2.26. The van der Waals surface area contributed by atoms with Crippen LogP contribution in [-0.4, -0.2) is 24.2 Å². The molecule has 0 spiro atoms. The van der Waals surface area contributed by atoms with Crippen molar-refractivity contribution in [1.29, 1.82) is 0 Å². The number of benzene rings is 2. The van der Waals surface area contributed by atoms with Crippen LogP contribution in [0.15, 0.2) is 54.6 Å². The van der Waals surface area contributed by atoms with Gasteiger partial charge >= 0.3 is 0 Å². The number of carbonyl (C=O) groups excluding carboxylic acids is 1. The third-order valence-electron chi connectivity index (χ3n) is 3.80. The van der Waals surface area contributed by atoms with Gasteiger partial charge in [-0.25, -0.2) is 0 Å². The molecule has 0 fully saturated rings. The monoisotopic (exact) mass is 326 g/mol. The lowest BCUT2D eigenvalue weighted by Gasteiger charge is -2.26. The van der Waals surface area contributed by atoms with E-state index < -0.39 is 0 Å². The van der Waals surface area contributed by atoms with Crippen molar-refractivity contribution in [2.75, 3.05) is 13.2 Å². The van der Waals surface area contributed by atoms with Crippen LogP contribution in [0.1, 0.15) is 27.6 Å². The summed E-state index contributed by atoms with van der Waals surface area (Å²) in [6.07, 6.45) is 0.883. The van der Waals surface area contributed by atoms with Gasteiger partial charge in [-0.3, -0.25) is 10.1 Å². The SMILES string of the molecule is O=C(NC(=S)NCC1OCCc2ccccc21)c1ccccc1. The predicted octanol–water partition coefficient (Wildman–Crippen LogP) is 2.60. The molecule has 118 valence electrons. The second kappa shape index (κ2) is 7.35. The summed E-state index contributed by atoms with van der Waals surface area (Å²) in [5, 5.41) is 6.06. The van der Waals surface area contributed by atoms with E-state index in [1.165, 1.54) is 11.1 Å². The van der Waals surface area contributed by atoms with Crippen molar-refractivity contribution in [2.45, 2.75) is 12.5 Å². The topological polar surface area (TPSA) is 50.4 Å². The maximum absolute atomic E-state index is 12.0. The normalized spacial score (nSPS) is 16.3. The molecule has 2 N–H and O–H groups in total. The maximum atomic E-state index is 12.0. The minimum absolute atomic E-state index is 0.0495. The molecule has 0 aliphatic carbocycles. The first-order valence-corrected chi connectivity index (χ1v) is 7.98. The Morgan fingerprint density at radius 3 is 2.70 bits per heavy atom. The molecular formula is C18H18N2O2S. The van der Waals surface area contributed by atoms with Crippen molar-refractivity contribution in [3.63, 3.8) is 0 Å². The van der Waals surface area contributed by atoms with Crippen molar-refractivity contribution >= 4 is 23.2 Å². The Morgan fingerprint density at radius 1 is 1.13 bits per heavy atom. The first-order valence-electron chi connectivity index (χ1n) is 7.57. The molecule has 0 saturated carbocycles. The minimum atomic E-state index is -0.215. The molecule has 5 heteroatoms. The Kier molecular flexibility index (Phi) is 5.00. The van der Waals surface area contributed by atoms with Gasteiger partial charge in [-0.15, -0.1) is 0 Å². The van der Waals surface area contributed by atoms with Crippen LogP contribution in [0, 0.1) is 0 Å². The molecule has 1 amide bonds. The van der Waals surface area contributed by atoms with E-state index >= 15 is 0 Å². The average molecular weight is 326 g/mol. The molecule has 1 unspecified atom stereocenters. The molecule has 1 heterocycles. The van der Waals surface area contributed by atoms with Crippen LogP contribution in [0.2, 0.25) is 0 Å². The van der Waals surface area contributed by atoms with Crippen LogP contribution >= 0.6 is 12.2 Å². The Labute approximate surface area is 140 Å². The van der Waals surface area contributed by atoms with Crippen molar-refractivity contribution in [3.05, 3.63) is 71.3 Å². The number of nitrogens with one attached hydrogen (secondary N) is 2. The van der Waals surface area contributed by atoms with Crippen LogP contribution in [0.3, 0.4) is 0 Å². The Bertz CT molecular complexity index is 703. The van der Waals surface area contributed by atoms with Gasteiger partial charge in [-0.05, 0) is 41.9 Å². The van der Waals surface area contributed by atoms with Crippen LogP contribution in [0.5, 0.6) is 0 Å². The number of hydrogen-bond acceptors (Lipinski definition) is 3. The largest absolute Gasteiger partial charge is 0.371 e. The lowest BCUT2D eigenvalue weighted by molar-refractivity contribution is 0.0455. The van der Waals surface area contributed by atoms with Crippen LogP contribution in [0.4, 0.5) is 0 Å². The molecule has 2 aromatic rings. The van der Waals surface area contributed by atoms with Crippen LogP contribution in [0.25, 0.3) is 0 Å². The van der Waals surface area contributed by atoms with Gasteiger partial charge in [0.05, 0.1) is 6.61 Å². The van der Waals surface area contributed by atoms with Gasteiger partial charge in [-0.2, -0.15) is 0 Å². The number of thiocarbonyl (C=S) groups is 1. The number of carbonyl (C=O) groups is 1. The first kappa shape index (κ1) is 15.6. The zero-order valence-corrected chi connectivity index (χ0v) is 13.4. The highest BCUT2D eigenvalue weighted by molar-refractivity contribution is 7.80. The summed E-state index contributed by atoms with van der Waals surface area (Å²) in [4.78, 5) is 12.0. The van der Waals surface area contributed by atoms with Gasteiger partial charge in [0.2, 0.25) is 0 Å². The fourth-order valence-electron chi connectivity index (χ4n) is 2.64. The molecule has 23 heavy (non-hydrogen) atoms. The summed E-state index contributed by atoms with van der Waals surface area (Å²) in [5.41, 5.74) is 3.07. The first-order chi connectivity index (χ1) is 11.2. The molecule has 4 nitrogen and oxygen atoms in total. The van der Waals surface area contributed by atoms with Crippen LogP contribution < -0.4 is 10.6 Å². The minimum Gasteiger partial charge on any atom is -0.371 e. The Morgan fingerprint density at radius 2 is 1.87 bits per heavy atom. The second-order valence-electron chi connectivity index (χ2n) is 5.34. The molecule has 0 saturated heterocycles. The van der Waals surface area contributed by atoms with Crippen LogP contribution in [-0.2, 0) is 11.2 Å². The van der Waals surface area contributed by atoms with E-state index in [1.54, 1.807) is 12.1 Å². The van der Waals surface area contributed by atoms with Gasteiger partial charge < -0.3 is 10.1 Å². The molecule has 0 radical (unpaired) electrons. The van der Waals surface area contributed by atoms with Crippen molar-refractivity contribution in [2.24, 2.45) is 0 Å². The Balaban J connectivity index is 1.55. The molecular weight excluding hydrogens is 308 g/mol. The molecule has 0 bridgehead atoms. The van der Waals surface area contributed by atoms with E-state index in [2.05, 4.69) is 22.8 Å². The summed E-state index contributed by atoms with van der Waals surface area (Å²) in [6, 6.07) is 17.3. The number of fused-ring (bicyclic) bond motifs is 1. The standard InChI is InChI=1S/C18H18N2O2S/c21-17(14-7-2-1-3-8-14)20-18(23)19-12-16-15-9-5-4-6-13(15)10-11-22-16/h1-9,16H,10-12H2,(H2,19,20,21,23). The number of ether oxygens (including phenoxy) is 1. The summed E-state index contributed by atoms with van der Waals surface area (Å²) >= 11 is 5.20. The van der Waals surface area contributed by atoms with E-state index in [9.17, 15) is 4.79 Å². The Hall–Kier alpha value is -2.24. The highest BCUT2D eigenvalue weighted by Gasteiger charge is 2.20. The third-order valence-corrected chi connectivity index (χ3v) is 4.05. The van der Waals surface area contributed by atoms with E-state index in [0.717, 1.165) is 6.42 Å². The van der Waals surface area contributed by atoms with E-state index in [0.29, 0.717) is 23.8 Å². The zero-order valence-electron chi connectivity index (χ0n) is 12.6. The summed E-state index contributed by atoms with van der Waals surface area (Å²) < 4.78 is 5.81. The molecule has 2 aromatic carbocycles. The molecule has 1 atom stereocenters. The van der Waals surface area contributed by atoms with Crippen molar-refractivity contribution in [1.82, 2.24) is 10.6 Å². The quantitative estimate of drug-likeness (QED) is 0.851. The smallest absolute Gasteiger partial charge is 0.257 e. The average Bonchev–Trinajstić information content (AvgIpc) is 2.60. The van der Waals surface area contributed by atoms with Gasteiger partial charge in [0.1, 0.15) is 6.10 Å². The fourth-order valence-corrected chi connectivity index (χ4v) is 2.82. The van der Waals surface area contributed by atoms with Gasteiger partial charge in [0, 0.05) is 12.1 Å². The van der Waals surface area contributed by atoms with Crippen molar-refractivity contribution in [3.8, 4) is 0 Å². The fraction of sp³-hybridized carbons (Fsp3) is 0.222. The summed E-state index contributed by atoms with van der Waals surface area (Å²) in [5.74, 6) is -0.215. The maximum Gasteiger partial charge on any atom is 0.257 e. The number of hydrogen-bond donors (Lipinski definition) is 2. The second-order valence-corrected chi connectivity index (χ2v) is 5.75.